The van der Waals surface area contributed by atoms with E-state index in [1.54, 1.807) is 34.6 Å². The number of piperidine rings is 1. The van der Waals surface area contributed by atoms with E-state index < -0.39 is 15.8 Å². The number of ether oxygens (including phenoxy) is 1. The summed E-state index contributed by atoms with van der Waals surface area (Å²) in [5.41, 5.74) is 0.560. The number of halogens is 1. The number of nitrogens with zero attached hydrogens (tertiary/aromatic N) is 1. The summed E-state index contributed by atoms with van der Waals surface area (Å²) in [5, 5.41) is 1.72. The molecule has 1 N–H and O–H groups in total. The van der Waals surface area contributed by atoms with Crippen LogP contribution >= 0.6 is 11.3 Å². The van der Waals surface area contributed by atoms with Crippen molar-refractivity contribution < 1.29 is 22.3 Å². The number of hydrogen-bond donors (Lipinski definition) is 1. The van der Waals surface area contributed by atoms with Gasteiger partial charge in [-0.2, -0.15) is 0 Å². The van der Waals surface area contributed by atoms with Crippen LogP contribution in [0, 0.1) is 5.82 Å². The van der Waals surface area contributed by atoms with Gasteiger partial charge in [-0.15, -0.1) is 11.3 Å². The van der Waals surface area contributed by atoms with Gasteiger partial charge in [0, 0.05) is 25.2 Å². The van der Waals surface area contributed by atoms with Crippen LogP contribution in [0.2, 0.25) is 0 Å². The SMILES string of the molecule is COc1ccc(C=CC(=O)N2CCC(NS(=O)(=O)c3cccs3)CC2)cc1F. The molecule has 0 radical (unpaired) electrons. The molecule has 9 heteroatoms. The fourth-order valence-electron chi connectivity index (χ4n) is 2.97. The summed E-state index contributed by atoms with van der Waals surface area (Å²) >= 11 is 1.17. The van der Waals surface area contributed by atoms with Crippen LogP contribution in [0.25, 0.3) is 6.08 Å². The van der Waals surface area contributed by atoms with Crippen molar-refractivity contribution in [2.24, 2.45) is 0 Å². The molecule has 0 spiro atoms. The van der Waals surface area contributed by atoms with Gasteiger partial charge in [0.2, 0.25) is 15.9 Å². The summed E-state index contributed by atoms with van der Waals surface area (Å²) in [6.45, 7) is 0.912. The van der Waals surface area contributed by atoms with Gasteiger partial charge in [0.1, 0.15) is 4.21 Å². The third-order valence-corrected chi connectivity index (χ3v) is 7.40. The average molecular weight is 425 g/mol. The van der Waals surface area contributed by atoms with Crippen molar-refractivity contribution in [2.75, 3.05) is 20.2 Å². The highest BCUT2D eigenvalue weighted by Crippen LogP contribution is 2.20. The Morgan fingerprint density at radius 3 is 2.68 bits per heavy atom. The number of carbonyl (C=O) groups excluding carboxylic acids is 1. The molecule has 3 rings (SSSR count). The van der Waals surface area contributed by atoms with E-state index in [9.17, 15) is 17.6 Å². The van der Waals surface area contributed by atoms with E-state index in [4.69, 9.17) is 4.74 Å². The maximum Gasteiger partial charge on any atom is 0.250 e. The van der Waals surface area contributed by atoms with Gasteiger partial charge in [-0.1, -0.05) is 12.1 Å². The number of sulfonamides is 1. The number of benzene rings is 1. The molecule has 0 aliphatic carbocycles. The Kier molecular flexibility index (Phi) is 6.48. The van der Waals surface area contributed by atoms with Crippen molar-refractivity contribution in [1.82, 2.24) is 9.62 Å². The van der Waals surface area contributed by atoms with Gasteiger partial charge < -0.3 is 9.64 Å². The van der Waals surface area contributed by atoms with Crippen molar-refractivity contribution in [2.45, 2.75) is 23.1 Å². The molecule has 1 aromatic heterocycles. The summed E-state index contributed by atoms with van der Waals surface area (Å²) in [6, 6.07) is 7.53. The summed E-state index contributed by atoms with van der Waals surface area (Å²) in [5.74, 6) is -0.526. The fraction of sp³-hybridized carbons (Fsp3) is 0.316. The molecule has 2 aromatic rings. The minimum absolute atomic E-state index is 0.149. The van der Waals surface area contributed by atoms with Crippen molar-refractivity contribution in [3.63, 3.8) is 0 Å². The zero-order chi connectivity index (χ0) is 20.1. The molecule has 1 saturated heterocycles. The molecule has 0 bridgehead atoms. The maximum atomic E-state index is 13.7. The maximum absolute atomic E-state index is 13.7. The van der Waals surface area contributed by atoms with Gasteiger partial charge in [0.05, 0.1) is 7.11 Å². The van der Waals surface area contributed by atoms with Crippen LogP contribution in [-0.2, 0) is 14.8 Å². The first-order valence-corrected chi connectivity index (χ1v) is 11.1. The lowest BCUT2D eigenvalue weighted by molar-refractivity contribution is -0.126. The Bertz CT molecular complexity index is 950. The van der Waals surface area contributed by atoms with Crippen LogP contribution in [0.3, 0.4) is 0 Å². The van der Waals surface area contributed by atoms with Crippen LogP contribution in [0.5, 0.6) is 5.75 Å². The first-order chi connectivity index (χ1) is 13.4. The zero-order valence-electron chi connectivity index (χ0n) is 15.3. The predicted octanol–water partition coefficient (Wildman–Crippen LogP) is 2.88. The number of nitrogens with one attached hydrogen (secondary N) is 1. The summed E-state index contributed by atoms with van der Waals surface area (Å²) < 4.78 is 46.1. The number of likely N-dealkylation sites (tertiary alicyclic amines) is 1. The van der Waals surface area contributed by atoms with E-state index in [1.807, 2.05) is 0 Å². The van der Waals surface area contributed by atoms with Crippen molar-refractivity contribution in [1.29, 1.82) is 0 Å². The largest absolute Gasteiger partial charge is 0.494 e. The molecule has 0 unspecified atom stereocenters. The standard InChI is InChI=1S/C19H21FN2O4S2/c1-26-17-6-4-14(13-16(17)20)5-7-18(23)22-10-8-15(9-11-22)21-28(24,25)19-3-2-12-27-19/h2-7,12-13,15,21H,8-11H2,1H3. The van der Waals surface area contributed by atoms with E-state index in [-0.39, 0.29) is 17.7 Å². The second-order valence-corrected chi connectivity index (χ2v) is 9.27. The third-order valence-electron chi connectivity index (χ3n) is 4.48. The monoisotopic (exact) mass is 424 g/mol. The molecule has 1 aliphatic heterocycles. The van der Waals surface area contributed by atoms with Crippen molar-refractivity contribution >= 4 is 33.3 Å². The summed E-state index contributed by atoms with van der Waals surface area (Å²) in [4.78, 5) is 14.0. The molecule has 6 nitrogen and oxygen atoms in total. The number of rotatable bonds is 6. The van der Waals surface area contributed by atoms with E-state index >= 15 is 0 Å². The number of methoxy groups -OCH3 is 1. The minimum atomic E-state index is -3.51. The zero-order valence-corrected chi connectivity index (χ0v) is 16.9. The van der Waals surface area contributed by atoms with E-state index in [0.29, 0.717) is 35.7 Å². The second kappa shape index (κ2) is 8.85. The molecule has 1 fully saturated rings. The fourth-order valence-corrected chi connectivity index (χ4v) is 5.29. The number of thiophene rings is 1. The van der Waals surface area contributed by atoms with E-state index in [2.05, 4.69) is 4.72 Å². The highest BCUT2D eigenvalue weighted by atomic mass is 32.2. The van der Waals surface area contributed by atoms with Crippen LogP contribution in [0.15, 0.2) is 46.0 Å². The predicted molar refractivity (Wildman–Crippen MR) is 106 cm³/mol. The molecular weight excluding hydrogens is 403 g/mol. The quantitative estimate of drug-likeness (QED) is 0.724. The van der Waals surface area contributed by atoms with Gasteiger partial charge in [0.25, 0.3) is 0 Å². The Morgan fingerprint density at radius 2 is 2.07 bits per heavy atom. The molecule has 2 heterocycles. The smallest absolute Gasteiger partial charge is 0.250 e. The van der Waals surface area contributed by atoms with E-state index in [0.717, 1.165) is 0 Å². The molecule has 0 atom stereocenters. The topological polar surface area (TPSA) is 75.7 Å². The van der Waals surface area contributed by atoms with Crippen molar-refractivity contribution in [3.8, 4) is 5.75 Å². The minimum Gasteiger partial charge on any atom is -0.494 e. The first kappa shape index (κ1) is 20.5. The molecule has 1 aliphatic rings. The lowest BCUT2D eigenvalue weighted by Crippen LogP contribution is -2.46. The summed E-state index contributed by atoms with van der Waals surface area (Å²) in [6.07, 6.45) is 4.04. The van der Waals surface area contributed by atoms with Gasteiger partial charge in [-0.05, 0) is 48.1 Å². The summed E-state index contributed by atoms with van der Waals surface area (Å²) in [7, 11) is -2.11. The molecule has 28 heavy (non-hydrogen) atoms. The lowest BCUT2D eigenvalue weighted by atomic mass is 10.1. The van der Waals surface area contributed by atoms with Crippen LogP contribution in [-0.4, -0.2) is 45.5 Å². The van der Waals surface area contributed by atoms with Crippen LogP contribution in [0.4, 0.5) is 4.39 Å². The highest BCUT2D eigenvalue weighted by molar-refractivity contribution is 7.91. The Labute approximate surface area is 167 Å². The Balaban J connectivity index is 1.53. The molecule has 1 aromatic carbocycles. The van der Waals surface area contributed by atoms with Crippen LogP contribution in [0.1, 0.15) is 18.4 Å². The van der Waals surface area contributed by atoms with Gasteiger partial charge in [-0.25, -0.2) is 17.5 Å². The normalized spacial score (nSPS) is 15.9. The number of carbonyl (C=O) groups is 1. The Hall–Kier alpha value is -2.23. The van der Waals surface area contributed by atoms with Crippen molar-refractivity contribution in [3.05, 3.63) is 53.2 Å². The van der Waals surface area contributed by atoms with Gasteiger partial charge in [-0.3, -0.25) is 4.79 Å². The molecule has 1 amide bonds. The van der Waals surface area contributed by atoms with Crippen LogP contribution < -0.4 is 9.46 Å². The second-order valence-electron chi connectivity index (χ2n) is 6.38. The molecule has 150 valence electrons. The average Bonchev–Trinajstić information content (AvgIpc) is 3.22. The highest BCUT2D eigenvalue weighted by Gasteiger charge is 2.26. The lowest BCUT2D eigenvalue weighted by Gasteiger charge is -2.31. The number of hydrogen-bond acceptors (Lipinski definition) is 5. The number of amides is 1. The third kappa shape index (κ3) is 4.98. The van der Waals surface area contributed by atoms with Gasteiger partial charge >= 0.3 is 0 Å². The Morgan fingerprint density at radius 1 is 1.32 bits per heavy atom. The first-order valence-electron chi connectivity index (χ1n) is 8.75. The molecule has 0 saturated carbocycles. The molecular formula is C19H21FN2O4S2. The van der Waals surface area contributed by atoms with Gasteiger partial charge in [0.15, 0.2) is 11.6 Å². The van der Waals surface area contributed by atoms with E-state index in [1.165, 1.54) is 36.7 Å².